The molecule has 2 heterocycles. The third kappa shape index (κ3) is 4.33. The van der Waals surface area contributed by atoms with Crippen molar-refractivity contribution in [2.24, 2.45) is 4.99 Å². The summed E-state index contributed by atoms with van der Waals surface area (Å²) in [5.74, 6) is 0.458. The van der Waals surface area contributed by atoms with E-state index in [-0.39, 0.29) is 12.6 Å². The normalized spacial score (nSPS) is 17.6. The van der Waals surface area contributed by atoms with Crippen LogP contribution < -0.4 is 15.5 Å². The predicted molar refractivity (Wildman–Crippen MR) is 80.1 cm³/mol. The Bertz CT molecular complexity index is 414. The zero-order chi connectivity index (χ0) is 14.4. The number of nitrogens with one attached hydrogen (secondary N) is 2. The number of halogens is 2. The number of rotatable bonds is 4. The number of aliphatic imine (C=N–C) groups is 1. The maximum absolute atomic E-state index is 12.2. The number of alkyl halides is 2. The summed E-state index contributed by atoms with van der Waals surface area (Å²) in [4.78, 5) is 6.33. The first-order valence-corrected chi connectivity index (χ1v) is 7.61. The lowest BCUT2D eigenvalue weighted by atomic mass is 10.1. The SMILES string of the molecule is CN=C(NCC(F)F)NC1CCN(c2cccs2)CC1. The summed E-state index contributed by atoms with van der Waals surface area (Å²) >= 11 is 1.75. The molecule has 7 heteroatoms. The van der Waals surface area contributed by atoms with E-state index in [1.54, 1.807) is 18.4 Å². The van der Waals surface area contributed by atoms with Crippen molar-refractivity contribution >= 4 is 22.3 Å². The standard InChI is InChI=1S/C13H20F2N4S/c1-16-13(17-9-11(14)15)18-10-4-6-19(7-5-10)12-3-2-8-20-12/h2-3,8,10-11H,4-7,9H2,1H3,(H2,16,17,18). The van der Waals surface area contributed by atoms with E-state index >= 15 is 0 Å². The molecule has 2 rings (SSSR count). The van der Waals surface area contributed by atoms with Crippen LogP contribution in [0.25, 0.3) is 0 Å². The summed E-state index contributed by atoms with van der Waals surface area (Å²) in [6.07, 6.45) is -0.408. The molecule has 0 amide bonds. The van der Waals surface area contributed by atoms with Crippen LogP contribution in [0.1, 0.15) is 12.8 Å². The molecule has 1 aliphatic rings. The van der Waals surface area contributed by atoms with Crippen molar-refractivity contribution in [3.05, 3.63) is 17.5 Å². The number of hydrogen-bond acceptors (Lipinski definition) is 3. The van der Waals surface area contributed by atoms with Gasteiger partial charge in [0.1, 0.15) is 0 Å². The molecule has 0 radical (unpaired) electrons. The Hall–Kier alpha value is -1.37. The molecule has 0 aromatic carbocycles. The Morgan fingerprint density at radius 2 is 2.25 bits per heavy atom. The second-order valence-corrected chi connectivity index (χ2v) is 5.63. The van der Waals surface area contributed by atoms with Crippen molar-refractivity contribution in [1.29, 1.82) is 0 Å². The predicted octanol–water partition coefficient (Wildman–Crippen LogP) is 2.15. The summed E-state index contributed by atoms with van der Waals surface area (Å²) in [6.45, 7) is 1.59. The van der Waals surface area contributed by atoms with Crippen LogP contribution in [0.15, 0.2) is 22.5 Å². The molecule has 1 aromatic heterocycles. The number of guanidine groups is 1. The van der Waals surface area contributed by atoms with Gasteiger partial charge in [0.2, 0.25) is 0 Å². The molecule has 2 N–H and O–H groups in total. The Kier molecular flexibility index (Phi) is 5.58. The Balaban J connectivity index is 1.76. The van der Waals surface area contributed by atoms with Gasteiger partial charge in [-0.15, -0.1) is 11.3 Å². The Morgan fingerprint density at radius 3 is 2.80 bits per heavy atom. The number of thiophene rings is 1. The average Bonchev–Trinajstić information content (AvgIpc) is 2.98. The molecule has 0 unspecified atom stereocenters. The number of hydrogen-bond donors (Lipinski definition) is 2. The van der Waals surface area contributed by atoms with Crippen molar-refractivity contribution in [2.45, 2.75) is 25.3 Å². The van der Waals surface area contributed by atoms with Crippen LogP contribution in [0, 0.1) is 0 Å². The molecule has 0 bridgehead atoms. The van der Waals surface area contributed by atoms with Gasteiger partial charge in [-0.3, -0.25) is 4.99 Å². The fourth-order valence-electron chi connectivity index (χ4n) is 2.26. The Morgan fingerprint density at radius 1 is 1.50 bits per heavy atom. The molecule has 1 aliphatic heterocycles. The fourth-order valence-corrected chi connectivity index (χ4v) is 3.04. The van der Waals surface area contributed by atoms with Gasteiger partial charge in [-0.2, -0.15) is 0 Å². The summed E-state index contributed by atoms with van der Waals surface area (Å²) < 4.78 is 24.3. The summed E-state index contributed by atoms with van der Waals surface area (Å²) in [7, 11) is 1.60. The van der Waals surface area contributed by atoms with Crippen LogP contribution in [0.2, 0.25) is 0 Å². The first-order chi connectivity index (χ1) is 9.69. The third-order valence-corrected chi connectivity index (χ3v) is 4.23. The number of piperidine rings is 1. The van der Waals surface area contributed by atoms with E-state index in [2.05, 4.69) is 38.0 Å². The molecule has 4 nitrogen and oxygen atoms in total. The molecule has 0 spiro atoms. The average molecular weight is 302 g/mol. The van der Waals surface area contributed by atoms with Gasteiger partial charge in [-0.05, 0) is 30.4 Å². The molecular formula is C13H20F2N4S. The van der Waals surface area contributed by atoms with Gasteiger partial charge in [0, 0.05) is 26.2 Å². The van der Waals surface area contributed by atoms with Crippen molar-refractivity contribution in [3.8, 4) is 0 Å². The van der Waals surface area contributed by atoms with Crippen LogP contribution in [-0.4, -0.2) is 45.1 Å². The van der Waals surface area contributed by atoms with Crippen molar-refractivity contribution < 1.29 is 8.78 Å². The van der Waals surface area contributed by atoms with Crippen LogP contribution in [-0.2, 0) is 0 Å². The highest BCUT2D eigenvalue weighted by molar-refractivity contribution is 7.14. The lowest BCUT2D eigenvalue weighted by Crippen LogP contribution is -2.49. The monoisotopic (exact) mass is 302 g/mol. The lowest BCUT2D eigenvalue weighted by molar-refractivity contribution is 0.152. The maximum Gasteiger partial charge on any atom is 0.255 e. The van der Waals surface area contributed by atoms with E-state index in [1.165, 1.54) is 5.00 Å². The summed E-state index contributed by atoms with van der Waals surface area (Å²) in [6, 6.07) is 4.47. The summed E-state index contributed by atoms with van der Waals surface area (Å²) in [5, 5.41) is 9.22. The quantitative estimate of drug-likeness (QED) is 0.661. The van der Waals surface area contributed by atoms with Gasteiger partial charge in [-0.25, -0.2) is 8.78 Å². The van der Waals surface area contributed by atoms with Gasteiger partial charge in [0.25, 0.3) is 6.43 Å². The minimum absolute atomic E-state index is 0.287. The third-order valence-electron chi connectivity index (χ3n) is 3.30. The molecule has 1 aromatic rings. The topological polar surface area (TPSA) is 39.7 Å². The second kappa shape index (κ2) is 7.42. The second-order valence-electron chi connectivity index (χ2n) is 4.70. The fraction of sp³-hybridized carbons (Fsp3) is 0.615. The van der Waals surface area contributed by atoms with Crippen LogP contribution in [0.4, 0.5) is 13.8 Å². The summed E-state index contributed by atoms with van der Waals surface area (Å²) in [5.41, 5.74) is 0. The van der Waals surface area contributed by atoms with Gasteiger partial charge < -0.3 is 15.5 Å². The van der Waals surface area contributed by atoms with Crippen molar-refractivity contribution in [3.63, 3.8) is 0 Å². The molecule has 0 atom stereocenters. The Labute approximate surface area is 121 Å². The van der Waals surface area contributed by atoms with Crippen LogP contribution >= 0.6 is 11.3 Å². The van der Waals surface area contributed by atoms with Gasteiger partial charge in [0.15, 0.2) is 5.96 Å². The number of nitrogens with zero attached hydrogens (tertiary/aromatic N) is 2. The van der Waals surface area contributed by atoms with E-state index in [9.17, 15) is 8.78 Å². The van der Waals surface area contributed by atoms with E-state index < -0.39 is 6.43 Å². The van der Waals surface area contributed by atoms with E-state index in [4.69, 9.17) is 0 Å². The zero-order valence-corrected chi connectivity index (χ0v) is 12.3. The van der Waals surface area contributed by atoms with Gasteiger partial charge >= 0.3 is 0 Å². The molecule has 20 heavy (non-hydrogen) atoms. The first-order valence-electron chi connectivity index (χ1n) is 6.73. The highest BCUT2D eigenvalue weighted by Crippen LogP contribution is 2.24. The van der Waals surface area contributed by atoms with Crippen LogP contribution in [0.5, 0.6) is 0 Å². The molecule has 1 saturated heterocycles. The minimum Gasteiger partial charge on any atom is -0.363 e. The maximum atomic E-state index is 12.2. The van der Waals surface area contributed by atoms with E-state index in [0.29, 0.717) is 5.96 Å². The molecule has 112 valence electrons. The van der Waals surface area contributed by atoms with Crippen LogP contribution in [0.3, 0.4) is 0 Å². The number of anilines is 1. The molecule has 0 saturated carbocycles. The van der Waals surface area contributed by atoms with E-state index in [0.717, 1.165) is 25.9 Å². The minimum atomic E-state index is -2.37. The van der Waals surface area contributed by atoms with Crippen molar-refractivity contribution in [1.82, 2.24) is 10.6 Å². The molecule has 1 fully saturated rings. The van der Waals surface area contributed by atoms with E-state index in [1.807, 2.05) is 0 Å². The lowest BCUT2D eigenvalue weighted by Gasteiger charge is -2.33. The molecule has 0 aliphatic carbocycles. The smallest absolute Gasteiger partial charge is 0.255 e. The largest absolute Gasteiger partial charge is 0.363 e. The highest BCUT2D eigenvalue weighted by atomic mass is 32.1. The van der Waals surface area contributed by atoms with Crippen molar-refractivity contribution in [2.75, 3.05) is 31.6 Å². The zero-order valence-electron chi connectivity index (χ0n) is 11.5. The highest BCUT2D eigenvalue weighted by Gasteiger charge is 2.20. The molecular weight excluding hydrogens is 282 g/mol. The first kappa shape index (κ1) is 15.0. The van der Waals surface area contributed by atoms with Gasteiger partial charge in [-0.1, -0.05) is 0 Å². The van der Waals surface area contributed by atoms with Gasteiger partial charge in [0.05, 0.1) is 11.5 Å².